The van der Waals surface area contributed by atoms with Gasteiger partial charge in [0.05, 0.1) is 0 Å². The van der Waals surface area contributed by atoms with Gasteiger partial charge in [-0.3, -0.25) is 4.99 Å². The summed E-state index contributed by atoms with van der Waals surface area (Å²) in [5.74, 6) is 1.30. The van der Waals surface area contributed by atoms with E-state index in [-0.39, 0.29) is 24.0 Å². The number of nitrogens with two attached hydrogens (primary N) is 1. The van der Waals surface area contributed by atoms with E-state index in [1.807, 2.05) is 0 Å². The van der Waals surface area contributed by atoms with Gasteiger partial charge in [0.25, 0.3) is 0 Å². The quantitative estimate of drug-likeness (QED) is 0.317. The first-order valence-corrected chi connectivity index (χ1v) is 7.36. The van der Waals surface area contributed by atoms with Crippen LogP contribution in [0.3, 0.4) is 0 Å². The molecule has 0 saturated heterocycles. The third-order valence-corrected chi connectivity index (χ3v) is 3.27. The van der Waals surface area contributed by atoms with Crippen LogP contribution >= 0.6 is 24.0 Å². The fourth-order valence-corrected chi connectivity index (χ4v) is 2.13. The fraction of sp³-hybridized carbons (Fsp3) is 0.562. The first kappa shape index (κ1) is 18.2. The van der Waals surface area contributed by atoms with Crippen molar-refractivity contribution in [3.05, 3.63) is 29.3 Å². The molecule has 0 amide bonds. The molecule has 0 heterocycles. The minimum absolute atomic E-state index is 0. The van der Waals surface area contributed by atoms with Gasteiger partial charge in [0.1, 0.15) is 0 Å². The molecule has 118 valence electrons. The Morgan fingerprint density at radius 1 is 1.29 bits per heavy atom. The summed E-state index contributed by atoms with van der Waals surface area (Å²) in [7, 11) is 0. The average Bonchev–Trinajstić information content (AvgIpc) is 3.16. The van der Waals surface area contributed by atoms with Crippen LogP contribution in [0.1, 0.15) is 30.4 Å². The summed E-state index contributed by atoms with van der Waals surface area (Å²) in [6.07, 6.45) is 3.60. The molecule has 2 rings (SSSR count). The SMILES string of the molecule is Cc1cc(C)cc(NC(N)=NCCCOCC2CC2)c1.I. The Bertz CT molecular complexity index is 452. The number of nitrogens with zero attached hydrogens (tertiary/aromatic N) is 1. The number of benzene rings is 1. The van der Waals surface area contributed by atoms with E-state index in [0.29, 0.717) is 12.5 Å². The number of aliphatic imine (C=N–C) groups is 1. The number of hydrogen-bond donors (Lipinski definition) is 2. The van der Waals surface area contributed by atoms with E-state index in [2.05, 4.69) is 42.4 Å². The van der Waals surface area contributed by atoms with Crippen LogP contribution in [0.2, 0.25) is 0 Å². The van der Waals surface area contributed by atoms with Gasteiger partial charge in [-0.2, -0.15) is 0 Å². The summed E-state index contributed by atoms with van der Waals surface area (Å²) < 4.78 is 5.56. The highest BCUT2D eigenvalue weighted by Crippen LogP contribution is 2.28. The van der Waals surface area contributed by atoms with Gasteiger partial charge in [0.2, 0.25) is 0 Å². The van der Waals surface area contributed by atoms with Crippen molar-refractivity contribution in [3.63, 3.8) is 0 Å². The Hall–Kier alpha value is -0.820. The Balaban J connectivity index is 0.00000220. The average molecular weight is 403 g/mol. The Morgan fingerprint density at radius 2 is 1.95 bits per heavy atom. The minimum Gasteiger partial charge on any atom is -0.381 e. The first-order chi connectivity index (χ1) is 9.63. The van der Waals surface area contributed by atoms with E-state index in [1.165, 1.54) is 24.0 Å². The minimum atomic E-state index is 0. The van der Waals surface area contributed by atoms with Crippen LogP contribution in [0, 0.1) is 19.8 Å². The summed E-state index contributed by atoms with van der Waals surface area (Å²) >= 11 is 0. The Morgan fingerprint density at radius 3 is 2.57 bits per heavy atom. The molecule has 1 aliphatic carbocycles. The van der Waals surface area contributed by atoms with Crippen LogP contribution in [0.25, 0.3) is 0 Å². The van der Waals surface area contributed by atoms with Crippen molar-refractivity contribution in [2.75, 3.05) is 25.1 Å². The van der Waals surface area contributed by atoms with Crippen LogP contribution in [0.15, 0.2) is 23.2 Å². The maximum atomic E-state index is 5.88. The Kier molecular flexibility index (Phi) is 8.03. The van der Waals surface area contributed by atoms with E-state index >= 15 is 0 Å². The number of rotatable bonds is 7. The lowest BCUT2D eigenvalue weighted by Gasteiger charge is -2.08. The second-order valence-electron chi connectivity index (χ2n) is 5.64. The molecule has 3 N–H and O–H groups in total. The number of nitrogens with one attached hydrogen (secondary N) is 1. The standard InChI is InChI=1S/C16H25N3O.HI/c1-12-8-13(2)10-15(9-12)19-16(17)18-6-3-7-20-11-14-4-5-14;/h8-10,14H,3-7,11H2,1-2H3,(H3,17,18,19);1H. The van der Waals surface area contributed by atoms with Gasteiger partial charge in [-0.15, -0.1) is 24.0 Å². The molecule has 0 radical (unpaired) electrons. The molecule has 0 spiro atoms. The number of guanidine groups is 1. The summed E-state index contributed by atoms with van der Waals surface area (Å²) in [6.45, 7) is 6.54. The zero-order valence-corrected chi connectivity index (χ0v) is 15.2. The lowest BCUT2D eigenvalue weighted by atomic mass is 10.1. The van der Waals surface area contributed by atoms with E-state index in [1.54, 1.807) is 0 Å². The first-order valence-electron chi connectivity index (χ1n) is 7.36. The lowest BCUT2D eigenvalue weighted by molar-refractivity contribution is 0.123. The zero-order valence-electron chi connectivity index (χ0n) is 12.9. The number of anilines is 1. The highest BCUT2D eigenvalue weighted by Gasteiger charge is 2.20. The van der Waals surface area contributed by atoms with Gasteiger partial charge in [-0.25, -0.2) is 0 Å². The van der Waals surface area contributed by atoms with Gasteiger partial charge in [0, 0.05) is 25.4 Å². The maximum Gasteiger partial charge on any atom is 0.193 e. The number of hydrogen-bond acceptors (Lipinski definition) is 2. The predicted octanol–water partition coefficient (Wildman–Crippen LogP) is 3.46. The van der Waals surface area contributed by atoms with Gasteiger partial charge < -0.3 is 15.8 Å². The van der Waals surface area contributed by atoms with Crippen LogP contribution in [-0.4, -0.2) is 25.7 Å². The highest BCUT2D eigenvalue weighted by atomic mass is 127. The lowest BCUT2D eigenvalue weighted by Crippen LogP contribution is -2.23. The van der Waals surface area contributed by atoms with Gasteiger partial charge >= 0.3 is 0 Å². The largest absolute Gasteiger partial charge is 0.381 e. The van der Waals surface area contributed by atoms with Gasteiger partial charge in [0.15, 0.2) is 5.96 Å². The predicted molar refractivity (Wildman–Crippen MR) is 99.6 cm³/mol. The molecule has 0 bridgehead atoms. The third-order valence-electron chi connectivity index (χ3n) is 3.27. The van der Waals surface area contributed by atoms with E-state index in [0.717, 1.165) is 31.2 Å². The van der Waals surface area contributed by atoms with Crippen molar-refractivity contribution in [1.82, 2.24) is 0 Å². The third kappa shape index (κ3) is 7.66. The van der Waals surface area contributed by atoms with Crippen molar-refractivity contribution in [2.24, 2.45) is 16.6 Å². The molecule has 0 aromatic heterocycles. The zero-order chi connectivity index (χ0) is 14.4. The van der Waals surface area contributed by atoms with Crippen molar-refractivity contribution >= 4 is 35.6 Å². The van der Waals surface area contributed by atoms with Crippen molar-refractivity contribution < 1.29 is 4.74 Å². The molecule has 4 nitrogen and oxygen atoms in total. The van der Waals surface area contributed by atoms with Gasteiger partial charge in [-0.1, -0.05) is 6.07 Å². The van der Waals surface area contributed by atoms with Crippen LogP contribution in [-0.2, 0) is 4.74 Å². The molecule has 1 aromatic rings. The van der Waals surface area contributed by atoms with Crippen LogP contribution < -0.4 is 11.1 Å². The molecule has 0 unspecified atom stereocenters. The van der Waals surface area contributed by atoms with Gasteiger partial charge in [-0.05, 0) is 62.3 Å². The van der Waals surface area contributed by atoms with Crippen molar-refractivity contribution in [2.45, 2.75) is 33.1 Å². The molecule has 0 aliphatic heterocycles. The normalized spacial score (nSPS) is 14.7. The molecule has 0 atom stereocenters. The smallest absolute Gasteiger partial charge is 0.193 e. The maximum absolute atomic E-state index is 5.88. The Labute approximate surface area is 144 Å². The van der Waals surface area contributed by atoms with E-state index in [9.17, 15) is 0 Å². The molecular formula is C16H26IN3O. The summed E-state index contributed by atoms with van der Waals surface area (Å²) in [4.78, 5) is 4.31. The number of halogens is 1. The van der Waals surface area contributed by atoms with E-state index < -0.39 is 0 Å². The fourth-order valence-electron chi connectivity index (χ4n) is 2.13. The molecule has 1 fully saturated rings. The van der Waals surface area contributed by atoms with Crippen LogP contribution in [0.5, 0.6) is 0 Å². The summed E-state index contributed by atoms with van der Waals surface area (Å²) in [5, 5.41) is 3.13. The summed E-state index contributed by atoms with van der Waals surface area (Å²) in [6, 6.07) is 6.26. The van der Waals surface area contributed by atoms with E-state index in [4.69, 9.17) is 10.5 Å². The molecular weight excluding hydrogens is 377 g/mol. The highest BCUT2D eigenvalue weighted by molar-refractivity contribution is 14.0. The van der Waals surface area contributed by atoms with Crippen LogP contribution in [0.4, 0.5) is 5.69 Å². The second-order valence-corrected chi connectivity index (χ2v) is 5.64. The molecule has 1 aliphatic rings. The number of aryl methyl sites for hydroxylation is 2. The molecule has 1 aromatic carbocycles. The summed E-state index contributed by atoms with van der Waals surface area (Å²) in [5.41, 5.74) is 9.30. The van der Waals surface area contributed by atoms with Crippen molar-refractivity contribution in [3.8, 4) is 0 Å². The molecule has 5 heteroatoms. The molecule has 1 saturated carbocycles. The monoisotopic (exact) mass is 403 g/mol. The topological polar surface area (TPSA) is 59.6 Å². The number of ether oxygens (including phenoxy) is 1. The molecule has 21 heavy (non-hydrogen) atoms. The van der Waals surface area contributed by atoms with Crippen molar-refractivity contribution in [1.29, 1.82) is 0 Å². The second kappa shape index (κ2) is 9.25.